The van der Waals surface area contributed by atoms with Gasteiger partial charge >= 0.3 is 0 Å². The molecule has 0 aromatic rings. The lowest BCUT2D eigenvalue weighted by atomic mass is 9.91. The molecule has 0 bridgehead atoms. The molecule has 1 rings (SSSR count). The summed E-state index contributed by atoms with van der Waals surface area (Å²) in [5, 5.41) is 0.830. The molecule has 3 N–H and O–H groups in total. The number of hydrogen-bond acceptors (Lipinski definition) is 3. The molecule has 0 heterocycles. The van der Waals surface area contributed by atoms with Crippen molar-refractivity contribution in [3.8, 4) is 0 Å². The minimum Gasteiger partial charge on any atom is -0.297 e. The van der Waals surface area contributed by atoms with Crippen LogP contribution in [0, 0.1) is 5.92 Å². The quantitative estimate of drug-likeness (QED) is 0.338. The highest BCUT2D eigenvalue weighted by Gasteiger charge is 2.13. The third kappa shape index (κ3) is 10.1. The van der Waals surface area contributed by atoms with E-state index in [0.29, 0.717) is 6.41 Å². The Morgan fingerprint density at radius 1 is 1.40 bits per heavy atom. The fourth-order valence-electron chi connectivity index (χ4n) is 1.68. The molecule has 90 valence electrons. The number of rotatable bonds is 4. The van der Waals surface area contributed by atoms with Crippen LogP contribution in [-0.2, 0) is 4.79 Å². The van der Waals surface area contributed by atoms with Crippen molar-refractivity contribution in [3.05, 3.63) is 0 Å². The monoisotopic (exact) mass is 232 g/mol. The molecule has 1 fully saturated rings. The highest BCUT2D eigenvalue weighted by Crippen LogP contribution is 2.27. The Labute approximate surface area is 97.5 Å². The maximum Gasteiger partial charge on any atom is 0.221 e. The van der Waals surface area contributed by atoms with Gasteiger partial charge in [0, 0.05) is 0 Å². The van der Waals surface area contributed by atoms with E-state index >= 15 is 0 Å². The summed E-state index contributed by atoms with van der Waals surface area (Å²) in [6, 6.07) is 0. The second-order valence-corrected chi connectivity index (χ2v) is 5.78. The lowest BCUT2D eigenvalue weighted by Crippen LogP contribution is -2.18. The Morgan fingerprint density at radius 2 is 1.93 bits per heavy atom. The summed E-state index contributed by atoms with van der Waals surface area (Å²) in [4.78, 5) is 8.94. The van der Waals surface area contributed by atoms with Crippen molar-refractivity contribution in [2.75, 3.05) is 5.75 Å². The molecule has 1 saturated carbocycles. The standard InChI is InChI=1S/C10H20S.CH4N2O/c1-9(2)11-8-10-6-4-3-5-7-10;2-3-1-4/h9-10H,3-8H2,1-2H3;1H,2H2,(H,3,4). The first-order valence-corrected chi connectivity index (χ1v) is 6.77. The van der Waals surface area contributed by atoms with Crippen LogP contribution < -0.4 is 11.3 Å². The number of carbonyl (C=O) groups is 1. The van der Waals surface area contributed by atoms with Crippen LogP contribution in [0.25, 0.3) is 0 Å². The Morgan fingerprint density at radius 3 is 2.33 bits per heavy atom. The first-order chi connectivity index (χ1) is 7.20. The predicted octanol–water partition coefficient (Wildman–Crippen LogP) is 2.31. The number of nitrogens with two attached hydrogens (primary N) is 1. The summed E-state index contributed by atoms with van der Waals surface area (Å²) < 4.78 is 0. The molecule has 0 radical (unpaired) electrons. The van der Waals surface area contributed by atoms with Crippen LogP contribution in [0.5, 0.6) is 0 Å². The maximum atomic E-state index is 8.94. The third-order valence-electron chi connectivity index (χ3n) is 2.46. The number of thioether (sulfide) groups is 1. The largest absolute Gasteiger partial charge is 0.297 e. The molecule has 3 nitrogen and oxygen atoms in total. The molecule has 0 spiro atoms. The van der Waals surface area contributed by atoms with Gasteiger partial charge in [-0.3, -0.25) is 10.2 Å². The lowest BCUT2D eigenvalue weighted by molar-refractivity contribution is -0.109. The number of carbonyl (C=O) groups excluding carboxylic acids is 1. The van der Waals surface area contributed by atoms with E-state index in [1.54, 1.807) is 5.43 Å². The highest BCUT2D eigenvalue weighted by molar-refractivity contribution is 7.99. The topological polar surface area (TPSA) is 55.1 Å². The van der Waals surface area contributed by atoms with Crippen LogP contribution in [0.2, 0.25) is 0 Å². The van der Waals surface area contributed by atoms with Gasteiger partial charge in [-0.25, -0.2) is 5.84 Å². The van der Waals surface area contributed by atoms with Crippen LogP contribution >= 0.6 is 11.8 Å². The van der Waals surface area contributed by atoms with E-state index in [-0.39, 0.29) is 0 Å². The molecular weight excluding hydrogens is 208 g/mol. The van der Waals surface area contributed by atoms with Gasteiger partial charge in [0.2, 0.25) is 6.41 Å². The summed E-state index contributed by atoms with van der Waals surface area (Å²) in [7, 11) is 0. The zero-order valence-corrected chi connectivity index (χ0v) is 10.7. The first-order valence-electron chi connectivity index (χ1n) is 5.72. The molecule has 1 aliphatic rings. The summed E-state index contributed by atoms with van der Waals surface area (Å²) >= 11 is 2.14. The van der Waals surface area contributed by atoms with Gasteiger partial charge in [0.05, 0.1) is 0 Å². The normalized spacial score (nSPS) is 16.8. The third-order valence-corrected chi connectivity index (χ3v) is 3.79. The molecule has 0 aromatic carbocycles. The van der Waals surface area contributed by atoms with Gasteiger partial charge in [0.1, 0.15) is 0 Å². The molecule has 0 aliphatic heterocycles. The van der Waals surface area contributed by atoms with E-state index in [2.05, 4.69) is 31.5 Å². The van der Waals surface area contributed by atoms with Gasteiger partial charge < -0.3 is 0 Å². The number of hydrazine groups is 1. The van der Waals surface area contributed by atoms with Gasteiger partial charge in [-0.2, -0.15) is 11.8 Å². The number of amides is 1. The maximum absolute atomic E-state index is 8.94. The molecule has 0 atom stereocenters. The Bertz CT molecular complexity index is 148. The summed E-state index contributed by atoms with van der Waals surface area (Å²) in [6.45, 7) is 4.60. The van der Waals surface area contributed by atoms with Gasteiger partial charge in [-0.1, -0.05) is 33.1 Å². The van der Waals surface area contributed by atoms with E-state index in [1.165, 1.54) is 37.9 Å². The minimum absolute atomic E-state index is 0.403. The predicted molar refractivity (Wildman–Crippen MR) is 67.6 cm³/mol. The molecular formula is C11H24N2OS. The number of hydrogen-bond donors (Lipinski definition) is 2. The van der Waals surface area contributed by atoms with E-state index in [0.717, 1.165) is 11.2 Å². The van der Waals surface area contributed by atoms with Crippen LogP contribution in [0.4, 0.5) is 0 Å². The molecule has 0 aromatic heterocycles. The van der Waals surface area contributed by atoms with Crippen LogP contribution in [0.3, 0.4) is 0 Å². The van der Waals surface area contributed by atoms with E-state index < -0.39 is 0 Å². The van der Waals surface area contributed by atoms with Crippen molar-refractivity contribution in [2.24, 2.45) is 11.8 Å². The fraction of sp³-hybridized carbons (Fsp3) is 0.909. The Balaban J connectivity index is 0.000000423. The van der Waals surface area contributed by atoms with Crippen molar-refractivity contribution < 1.29 is 4.79 Å². The molecule has 0 unspecified atom stereocenters. The van der Waals surface area contributed by atoms with Crippen molar-refractivity contribution in [1.82, 2.24) is 5.43 Å². The Kier molecular flexibility index (Phi) is 10.2. The van der Waals surface area contributed by atoms with Gasteiger partial charge in [-0.05, 0) is 29.8 Å². The average Bonchev–Trinajstić information content (AvgIpc) is 2.28. The minimum atomic E-state index is 0.403. The SMILES string of the molecule is CC(C)SCC1CCCCC1.NNC=O. The lowest BCUT2D eigenvalue weighted by Gasteiger charge is -2.21. The van der Waals surface area contributed by atoms with Crippen molar-refractivity contribution >= 4 is 18.2 Å². The van der Waals surface area contributed by atoms with Crippen molar-refractivity contribution in [2.45, 2.75) is 51.2 Å². The van der Waals surface area contributed by atoms with Gasteiger partial charge in [0.25, 0.3) is 0 Å². The summed E-state index contributed by atoms with van der Waals surface area (Å²) in [5.74, 6) is 6.88. The summed E-state index contributed by atoms with van der Waals surface area (Å²) in [5.41, 5.74) is 1.75. The Hall–Kier alpha value is -0.220. The highest BCUT2D eigenvalue weighted by atomic mass is 32.2. The number of nitrogens with one attached hydrogen (secondary N) is 1. The molecule has 4 heteroatoms. The molecule has 1 amide bonds. The van der Waals surface area contributed by atoms with Crippen molar-refractivity contribution in [3.63, 3.8) is 0 Å². The fourth-order valence-corrected chi connectivity index (χ4v) is 2.67. The van der Waals surface area contributed by atoms with E-state index in [1.807, 2.05) is 0 Å². The second kappa shape index (κ2) is 10.3. The molecule has 1 aliphatic carbocycles. The van der Waals surface area contributed by atoms with Gasteiger partial charge in [0.15, 0.2) is 0 Å². The van der Waals surface area contributed by atoms with Crippen molar-refractivity contribution in [1.29, 1.82) is 0 Å². The second-order valence-electron chi connectivity index (χ2n) is 4.17. The van der Waals surface area contributed by atoms with E-state index in [9.17, 15) is 0 Å². The van der Waals surface area contributed by atoms with Gasteiger partial charge in [-0.15, -0.1) is 0 Å². The molecule has 15 heavy (non-hydrogen) atoms. The van der Waals surface area contributed by atoms with Crippen LogP contribution in [-0.4, -0.2) is 17.4 Å². The average molecular weight is 232 g/mol. The van der Waals surface area contributed by atoms with Crippen LogP contribution in [0.1, 0.15) is 46.0 Å². The molecule has 0 saturated heterocycles. The van der Waals surface area contributed by atoms with E-state index in [4.69, 9.17) is 4.79 Å². The zero-order chi connectivity index (χ0) is 11.5. The zero-order valence-electron chi connectivity index (χ0n) is 9.87. The smallest absolute Gasteiger partial charge is 0.221 e. The van der Waals surface area contributed by atoms with Crippen LogP contribution in [0.15, 0.2) is 0 Å². The summed E-state index contributed by atoms with van der Waals surface area (Å²) in [6.07, 6.45) is 7.87. The first kappa shape index (κ1) is 14.8.